The van der Waals surface area contributed by atoms with Crippen LogP contribution in [-0.4, -0.2) is 104 Å². The van der Waals surface area contributed by atoms with Gasteiger partial charge in [-0.05, 0) is 36.8 Å². The summed E-state index contributed by atoms with van der Waals surface area (Å²) in [5, 5.41) is 61.9. The van der Waals surface area contributed by atoms with Crippen LogP contribution < -0.4 is 0 Å². The van der Waals surface area contributed by atoms with E-state index in [1.54, 1.807) is 19.1 Å². The largest absolute Gasteiger partial charge is 0.508 e. The van der Waals surface area contributed by atoms with E-state index in [1.165, 1.54) is 30.5 Å². The molecule has 1 saturated carbocycles. The summed E-state index contributed by atoms with van der Waals surface area (Å²) in [5.74, 6) is -1.55. The number of fused-ring (bicyclic) bond motifs is 3. The smallest absolute Gasteiger partial charge is 0.330 e. The first-order chi connectivity index (χ1) is 17.0. The molecule has 3 heterocycles. The highest BCUT2D eigenvalue weighted by Gasteiger charge is 2.79. The fourth-order valence-corrected chi connectivity index (χ4v) is 5.12. The second-order valence-corrected chi connectivity index (χ2v) is 9.55. The second-order valence-electron chi connectivity index (χ2n) is 9.55. The van der Waals surface area contributed by atoms with Crippen molar-refractivity contribution in [2.24, 2.45) is 5.92 Å². The van der Waals surface area contributed by atoms with Gasteiger partial charge < -0.3 is 54.3 Å². The molecule has 36 heavy (non-hydrogen) atoms. The zero-order valence-electron chi connectivity index (χ0n) is 19.2. The quantitative estimate of drug-likeness (QED) is 0.149. The number of hydrogen-bond acceptors (Lipinski definition) is 12. The highest BCUT2D eigenvalue weighted by Crippen LogP contribution is 2.61. The molecule has 0 radical (unpaired) electrons. The molecule has 1 aromatic carbocycles. The van der Waals surface area contributed by atoms with Gasteiger partial charge in [0.1, 0.15) is 60.2 Å². The first-order valence-corrected chi connectivity index (χ1v) is 11.4. The highest BCUT2D eigenvalue weighted by molar-refractivity contribution is 5.87. The van der Waals surface area contributed by atoms with Gasteiger partial charge in [-0.3, -0.25) is 0 Å². The Morgan fingerprint density at radius 2 is 1.81 bits per heavy atom. The zero-order chi connectivity index (χ0) is 25.8. The molecular weight excluding hydrogens is 480 g/mol. The van der Waals surface area contributed by atoms with Gasteiger partial charge in [0.05, 0.1) is 12.2 Å². The zero-order valence-corrected chi connectivity index (χ0v) is 19.2. The van der Waals surface area contributed by atoms with Gasteiger partial charge in [0, 0.05) is 6.08 Å². The third-order valence-electron chi connectivity index (χ3n) is 7.22. The number of ether oxygens (including phenoxy) is 5. The molecule has 1 aliphatic carbocycles. The molecule has 4 aliphatic rings. The van der Waals surface area contributed by atoms with Crippen molar-refractivity contribution in [2.45, 2.75) is 67.3 Å². The predicted molar refractivity (Wildman–Crippen MR) is 118 cm³/mol. The van der Waals surface area contributed by atoms with E-state index in [0.29, 0.717) is 5.56 Å². The minimum Gasteiger partial charge on any atom is -0.508 e. The van der Waals surface area contributed by atoms with Crippen molar-refractivity contribution >= 4 is 12.0 Å². The van der Waals surface area contributed by atoms with Crippen molar-refractivity contribution in [1.82, 2.24) is 0 Å². The lowest BCUT2D eigenvalue weighted by Gasteiger charge is -2.45. The van der Waals surface area contributed by atoms with E-state index >= 15 is 0 Å². The second kappa shape index (κ2) is 9.08. The van der Waals surface area contributed by atoms with Crippen molar-refractivity contribution < 1.29 is 59.1 Å². The summed E-state index contributed by atoms with van der Waals surface area (Å²) in [6.07, 6.45) is -5.78. The molecule has 0 unspecified atom stereocenters. The molecule has 6 N–H and O–H groups in total. The number of esters is 1. The highest BCUT2D eigenvalue weighted by atomic mass is 16.8. The molecule has 3 aliphatic heterocycles. The monoisotopic (exact) mass is 508 g/mol. The number of epoxide rings is 1. The van der Waals surface area contributed by atoms with Crippen molar-refractivity contribution in [2.75, 3.05) is 6.61 Å². The van der Waals surface area contributed by atoms with E-state index in [2.05, 4.69) is 0 Å². The number of phenolic OH excluding ortho intramolecular Hbond substituents is 1. The SMILES string of the molecule is C[C@]12O[C@H]1[C@H](O)[C@@]1(O)C=CO[C@@H](O[C@@H]3O[C@H](COC(=O)/C=C\c4ccc(O)cc4)[C@@H](O)[C@H](O)[C@H]3O)[C@@H]12. The Balaban J connectivity index is 1.22. The summed E-state index contributed by atoms with van der Waals surface area (Å²) in [4.78, 5) is 12.1. The van der Waals surface area contributed by atoms with Crippen LogP contribution in [0.2, 0.25) is 0 Å². The molecule has 3 fully saturated rings. The molecule has 12 nitrogen and oxygen atoms in total. The topological polar surface area (TPSA) is 188 Å². The minimum atomic E-state index is -1.70. The third-order valence-corrected chi connectivity index (χ3v) is 7.22. The van der Waals surface area contributed by atoms with E-state index < -0.39 is 78.9 Å². The first-order valence-electron chi connectivity index (χ1n) is 11.4. The number of carbonyl (C=O) groups excluding carboxylic acids is 1. The molecule has 0 aromatic heterocycles. The van der Waals surface area contributed by atoms with Crippen LogP contribution >= 0.6 is 0 Å². The summed E-state index contributed by atoms with van der Waals surface area (Å²) < 4.78 is 27.5. The fraction of sp³-hybridized carbons (Fsp3) is 0.542. The lowest BCUT2D eigenvalue weighted by atomic mass is 9.82. The van der Waals surface area contributed by atoms with Crippen LogP contribution in [0.5, 0.6) is 5.75 Å². The van der Waals surface area contributed by atoms with Gasteiger partial charge in [0.25, 0.3) is 0 Å². The Kier molecular flexibility index (Phi) is 6.34. The van der Waals surface area contributed by atoms with Gasteiger partial charge in [0.2, 0.25) is 6.29 Å². The van der Waals surface area contributed by atoms with Crippen LogP contribution in [0.3, 0.4) is 0 Å². The lowest BCUT2D eigenvalue weighted by molar-refractivity contribution is -0.350. The summed E-state index contributed by atoms with van der Waals surface area (Å²) in [5.41, 5.74) is -2.00. The van der Waals surface area contributed by atoms with Gasteiger partial charge in [-0.2, -0.15) is 0 Å². The van der Waals surface area contributed by atoms with Crippen LogP contribution in [-0.2, 0) is 28.5 Å². The van der Waals surface area contributed by atoms with Crippen molar-refractivity contribution in [3.05, 3.63) is 48.2 Å². The minimum absolute atomic E-state index is 0.0812. The molecule has 12 heteroatoms. The van der Waals surface area contributed by atoms with E-state index in [4.69, 9.17) is 23.7 Å². The average molecular weight is 508 g/mol. The standard InChI is InChI=1S/C24H28O12/c1-23-18-22(32-9-8-24(18,31)19(30)20(23)36-23)35-21-17(29)16(28)15(27)13(34-21)10-33-14(26)7-4-11-2-5-12(25)6-3-11/h2-9,13,15-22,25,27-31H,10H2,1H3/b7-4-/t13-,15-,16+,17-,18-,19+,20+,21+,22+,23-,24-/m1/s1. The number of phenols is 1. The van der Waals surface area contributed by atoms with E-state index in [1.807, 2.05) is 0 Å². The summed E-state index contributed by atoms with van der Waals surface area (Å²) >= 11 is 0. The number of aromatic hydroxyl groups is 1. The Morgan fingerprint density at radius 3 is 2.53 bits per heavy atom. The van der Waals surface area contributed by atoms with E-state index in [9.17, 15) is 35.4 Å². The van der Waals surface area contributed by atoms with Crippen LogP contribution in [0.15, 0.2) is 42.7 Å². The predicted octanol–water partition coefficient (Wildman–Crippen LogP) is -1.48. The molecule has 0 bridgehead atoms. The normalized spacial score (nSPS) is 45.1. The van der Waals surface area contributed by atoms with Crippen LogP contribution in [0, 0.1) is 5.92 Å². The van der Waals surface area contributed by atoms with Gasteiger partial charge in [0.15, 0.2) is 6.29 Å². The fourth-order valence-electron chi connectivity index (χ4n) is 5.12. The van der Waals surface area contributed by atoms with Crippen LogP contribution in [0.1, 0.15) is 12.5 Å². The summed E-state index contributed by atoms with van der Waals surface area (Å²) in [7, 11) is 0. The van der Waals surface area contributed by atoms with Gasteiger partial charge >= 0.3 is 5.97 Å². The number of carbonyl (C=O) groups is 1. The maximum atomic E-state index is 12.1. The molecule has 0 amide bonds. The number of benzene rings is 1. The Labute approximate surface area is 205 Å². The average Bonchev–Trinajstić information content (AvgIpc) is 3.49. The van der Waals surface area contributed by atoms with Gasteiger partial charge in [-0.15, -0.1) is 0 Å². The Hall–Kier alpha value is -2.55. The van der Waals surface area contributed by atoms with Crippen molar-refractivity contribution in [1.29, 1.82) is 0 Å². The van der Waals surface area contributed by atoms with E-state index in [-0.39, 0.29) is 5.75 Å². The molecule has 1 aromatic rings. The molecule has 196 valence electrons. The lowest BCUT2D eigenvalue weighted by Crippen LogP contribution is -2.62. The number of hydrogen-bond donors (Lipinski definition) is 6. The van der Waals surface area contributed by atoms with Crippen molar-refractivity contribution in [3.63, 3.8) is 0 Å². The van der Waals surface area contributed by atoms with Crippen molar-refractivity contribution in [3.8, 4) is 5.75 Å². The number of aliphatic hydroxyl groups is 5. The molecule has 2 saturated heterocycles. The molecular formula is C24H28O12. The Bertz CT molecular complexity index is 1040. The van der Waals surface area contributed by atoms with Crippen LogP contribution in [0.4, 0.5) is 0 Å². The number of aliphatic hydroxyl groups excluding tert-OH is 4. The maximum Gasteiger partial charge on any atom is 0.330 e. The maximum absolute atomic E-state index is 12.1. The molecule has 5 rings (SSSR count). The van der Waals surface area contributed by atoms with Crippen LogP contribution in [0.25, 0.3) is 6.08 Å². The van der Waals surface area contributed by atoms with Gasteiger partial charge in [-0.1, -0.05) is 12.1 Å². The number of rotatable bonds is 6. The van der Waals surface area contributed by atoms with Gasteiger partial charge in [-0.25, -0.2) is 4.79 Å². The molecule has 11 atom stereocenters. The first kappa shape index (κ1) is 25.1. The Morgan fingerprint density at radius 1 is 1.08 bits per heavy atom. The molecule has 0 spiro atoms. The summed E-state index contributed by atoms with van der Waals surface area (Å²) in [6.45, 7) is 1.22. The third kappa shape index (κ3) is 4.19. The summed E-state index contributed by atoms with van der Waals surface area (Å²) in [6, 6.07) is 6.10. The van der Waals surface area contributed by atoms with E-state index in [0.717, 1.165) is 6.08 Å².